The minimum Gasteiger partial charge on any atom is -0.374 e. The van der Waals surface area contributed by atoms with Gasteiger partial charge in [-0.05, 0) is 49.4 Å². The maximum atomic E-state index is 13.2. The van der Waals surface area contributed by atoms with Crippen LogP contribution in [0.3, 0.4) is 0 Å². The molecule has 0 heterocycles. The van der Waals surface area contributed by atoms with Gasteiger partial charge in [-0.15, -0.1) is 0 Å². The summed E-state index contributed by atoms with van der Waals surface area (Å²) in [6, 6.07) is 12.3. The van der Waals surface area contributed by atoms with Crippen molar-refractivity contribution in [3.8, 4) is 0 Å². The maximum absolute atomic E-state index is 13.2. The van der Waals surface area contributed by atoms with Crippen molar-refractivity contribution in [2.24, 2.45) is 5.41 Å². The molecule has 0 aliphatic rings. The molecule has 0 saturated carbocycles. The molecule has 138 valence electrons. The zero-order valence-electron chi connectivity index (χ0n) is 15.4. The van der Waals surface area contributed by atoms with Crippen LogP contribution in [0.15, 0.2) is 48.5 Å². The molecule has 3 N–H and O–H groups in total. The van der Waals surface area contributed by atoms with Crippen LogP contribution in [-0.4, -0.2) is 17.9 Å². The molecule has 0 bridgehead atoms. The molecule has 0 aromatic heterocycles. The molecule has 0 aliphatic carbocycles. The molecule has 0 aliphatic heterocycles. The van der Waals surface area contributed by atoms with Crippen molar-refractivity contribution in [2.75, 3.05) is 16.0 Å². The van der Waals surface area contributed by atoms with Crippen molar-refractivity contribution in [3.05, 3.63) is 54.3 Å². The van der Waals surface area contributed by atoms with E-state index >= 15 is 0 Å². The van der Waals surface area contributed by atoms with E-state index in [1.165, 1.54) is 18.2 Å². The highest BCUT2D eigenvalue weighted by Gasteiger charge is 2.21. The molecule has 0 fully saturated rings. The Bertz CT molecular complexity index is 782. The lowest BCUT2D eigenvalue weighted by molar-refractivity contribution is -0.123. The number of carbonyl (C=O) groups excluding carboxylic acids is 2. The van der Waals surface area contributed by atoms with Gasteiger partial charge in [0.2, 0.25) is 11.8 Å². The monoisotopic (exact) mass is 357 g/mol. The SMILES string of the molecule is C[C@@H](Nc1ccc(NC(=O)C(C)(C)C)cc1)C(=O)Nc1cccc(F)c1. The first-order valence-corrected chi connectivity index (χ1v) is 8.39. The van der Waals surface area contributed by atoms with Gasteiger partial charge in [0.15, 0.2) is 0 Å². The van der Waals surface area contributed by atoms with Crippen LogP contribution >= 0.6 is 0 Å². The third-order valence-corrected chi connectivity index (χ3v) is 3.69. The zero-order chi connectivity index (χ0) is 19.3. The van der Waals surface area contributed by atoms with E-state index in [1.807, 2.05) is 20.8 Å². The summed E-state index contributed by atoms with van der Waals surface area (Å²) in [6.07, 6.45) is 0. The summed E-state index contributed by atoms with van der Waals surface area (Å²) in [4.78, 5) is 24.2. The summed E-state index contributed by atoms with van der Waals surface area (Å²) in [6.45, 7) is 7.25. The molecular formula is C20H24FN3O2. The van der Waals surface area contributed by atoms with Gasteiger partial charge >= 0.3 is 0 Å². The molecular weight excluding hydrogens is 333 g/mol. The van der Waals surface area contributed by atoms with Crippen molar-refractivity contribution in [2.45, 2.75) is 33.7 Å². The number of amides is 2. The molecule has 26 heavy (non-hydrogen) atoms. The molecule has 2 aromatic carbocycles. The van der Waals surface area contributed by atoms with Crippen LogP contribution in [0.4, 0.5) is 21.5 Å². The number of hydrogen-bond donors (Lipinski definition) is 3. The van der Waals surface area contributed by atoms with E-state index in [2.05, 4.69) is 16.0 Å². The van der Waals surface area contributed by atoms with Crippen LogP contribution in [-0.2, 0) is 9.59 Å². The molecule has 2 amide bonds. The van der Waals surface area contributed by atoms with Gasteiger partial charge in [0.1, 0.15) is 11.9 Å². The summed E-state index contributed by atoms with van der Waals surface area (Å²) in [5.74, 6) is -0.752. The lowest BCUT2D eigenvalue weighted by atomic mass is 9.95. The summed E-state index contributed by atoms with van der Waals surface area (Å²) in [7, 11) is 0. The minimum atomic E-state index is -0.520. The van der Waals surface area contributed by atoms with Crippen molar-refractivity contribution in [3.63, 3.8) is 0 Å². The number of carbonyl (C=O) groups is 2. The van der Waals surface area contributed by atoms with E-state index in [4.69, 9.17) is 0 Å². The highest BCUT2D eigenvalue weighted by atomic mass is 19.1. The molecule has 6 heteroatoms. The molecule has 1 atom stereocenters. The largest absolute Gasteiger partial charge is 0.374 e. The number of hydrogen-bond acceptors (Lipinski definition) is 3. The van der Waals surface area contributed by atoms with Gasteiger partial charge in [0.05, 0.1) is 0 Å². The minimum absolute atomic E-state index is 0.0685. The second-order valence-electron chi connectivity index (χ2n) is 7.15. The van der Waals surface area contributed by atoms with Crippen molar-refractivity contribution < 1.29 is 14.0 Å². The first kappa shape index (κ1) is 19.4. The predicted octanol–water partition coefficient (Wildman–Crippen LogP) is 4.25. The van der Waals surface area contributed by atoms with E-state index in [9.17, 15) is 14.0 Å². The quantitative estimate of drug-likeness (QED) is 0.749. The number of nitrogens with one attached hydrogen (secondary N) is 3. The van der Waals surface area contributed by atoms with Crippen LogP contribution < -0.4 is 16.0 Å². The van der Waals surface area contributed by atoms with Crippen LogP contribution in [0.1, 0.15) is 27.7 Å². The van der Waals surface area contributed by atoms with Crippen LogP contribution in [0.2, 0.25) is 0 Å². The summed E-state index contributed by atoms with van der Waals surface area (Å²) in [5.41, 5.74) is 1.36. The Balaban J connectivity index is 1.93. The number of benzene rings is 2. The van der Waals surface area contributed by atoms with Crippen LogP contribution in [0.5, 0.6) is 0 Å². The van der Waals surface area contributed by atoms with E-state index in [1.54, 1.807) is 37.3 Å². The fourth-order valence-electron chi connectivity index (χ4n) is 2.10. The van der Waals surface area contributed by atoms with Crippen molar-refractivity contribution in [1.29, 1.82) is 0 Å². The maximum Gasteiger partial charge on any atom is 0.246 e. The van der Waals surface area contributed by atoms with Crippen LogP contribution in [0, 0.1) is 11.2 Å². The van der Waals surface area contributed by atoms with Crippen molar-refractivity contribution in [1.82, 2.24) is 0 Å². The summed E-state index contributed by atoms with van der Waals surface area (Å²) < 4.78 is 13.2. The summed E-state index contributed by atoms with van der Waals surface area (Å²) >= 11 is 0. The lowest BCUT2D eigenvalue weighted by Gasteiger charge is -2.18. The lowest BCUT2D eigenvalue weighted by Crippen LogP contribution is -2.31. The average molecular weight is 357 g/mol. The highest BCUT2D eigenvalue weighted by molar-refractivity contribution is 5.96. The number of rotatable bonds is 5. The van der Waals surface area contributed by atoms with Gasteiger partial charge in [0.25, 0.3) is 0 Å². The Labute approximate surface area is 153 Å². The van der Waals surface area contributed by atoms with Gasteiger partial charge in [-0.2, -0.15) is 0 Å². The highest BCUT2D eigenvalue weighted by Crippen LogP contribution is 2.19. The second kappa shape index (κ2) is 7.99. The van der Waals surface area contributed by atoms with Gasteiger partial charge in [-0.1, -0.05) is 26.8 Å². The first-order valence-electron chi connectivity index (χ1n) is 8.39. The van der Waals surface area contributed by atoms with E-state index in [-0.39, 0.29) is 11.8 Å². The fraction of sp³-hybridized carbons (Fsp3) is 0.300. The van der Waals surface area contributed by atoms with Crippen molar-refractivity contribution >= 4 is 28.9 Å². The van der Waals surface area contributed by atoms with Crippen LogP contribution in [0.25, 0.3) is 0 Å². The zero-order valence-corrected chi connectivity index (χ0v) is 15.4. The third-order valence-electron chi connectivity index (χ3n) is 3.69. The topological polar surface area (TPSA) is 70.2 Å². The second-order valence-corrected chi connectivity index (χ2v) is 7.15. The smallest absolute Gasteiger partial charge is 0.246 e. The normalized spacial score (nSPS) is 12.2. The third kappa shape index (κ3) is 5.58. The van der Waals surface area contributed by atoms with Gasteiger partial charge in [-0.25, -0.2) is 4.39 Å². The van der Waals surface area contributed by atoms with E-state index in [0.29, 0.717) is 11.4 Å². The first-order chi connectivity index (χ1) is 12.1. The van der Waals surface area contributed by atoms with Gasteiger partial charge in [0, 0.05) is 22.5 Å². The number of halogens is 1. The molecule has 0 unspecified atom stereocenters. The predicted molar refractivity (Wildman–Crippen MR) is 103 cm³/mol. The average Bonchev–Trinajstić information content (AvgIpc) is 2.55. The molecule has 0 saturated heterocycles. The Morgan fingerprint density at radius 2 is 1.54 bits per heavy atom. The molecule has 2 aromatic rings. The van der Waals surface area contributed by atoms with E-state index < -0.39 is 17.3 Å². The van der Waals surface area contributed by atoms with E-state index in [0.717, 1.165) is 5.69 Å². The Hall–Kier alpha value is -2.89. The molecule has 0 spiro atoms. The standard InChI is InChI=1S/C20H24FN3O2/c1-13(18(25)23-17-7-5-6-14(21)12-17)22-15-8-10-16(11-9-15)24-19(26)20(2,3)4/h5-13,22H,1-4H3,(H,23,25)(H,24,26)/t13-/m1/s1. The molecule has 5 nitrogen and oxygen atoms in total. The fourth-order valence-corrected chi connectivity index (χ4v) is 2.10. The Morgan fingerprint density at radius 1 is 0.923 bits per heavy atom. The summed E-state index contributed by atoms with van der Waals surface area (Å²) in [5, 5.41) is 8.57. The van der Waals surface area contributed by atoms with Gasteiger partial charge < -0.3 is 16.0 Å². The Morgan fingerprint density at radius 3 is 2.12 bits per heavy atom. The molecule has 0 radical (unpaired) electrons. The Kier molecular flexibility index (Phi) is 5.97. The number of anilines is 3. The van der Waals surface area contributed by atoms with Gasteiger partial charge in [-0.3, -0.25) is 9.59 Å². The molecule has 2 rings (SSSR count).